The van der Waals surface area contributed by atoms with Gasteiger partial charge in [0.1, 0.15) is 5.65 Å². The molecule has 19 heavy (non-hydrogen) atoms. The lowest BCUT2D eigenvalue weighted by atomic mass is 10.3. The van der Waals surface area contributed by atoms with E-state index in [0.717, 1.165) is 49.1 Å². The molecule has 1 saturated heterocycles. The Morgan fingerprint density at radius 1 is 1.16 bits per heavy atom. The number of nitrogens with zero attached hydrogens (tertiary/aromatic N) is 3. The lowest BCUT2D eigenvalue weighted by molar-refractivity contribution is 0.231. The summed E-state index contributed by atoms with van der Waals surface area (Å²) in [6.45, 7) is 5.24. The second kappa shape index (κ2) is 7.31. The van der Waals surface area contributed by atoms with Crippen molar-refractivity contribution in [1.29, 1.82) is 0 Å². The maximum absolute atomic E-state index is 5.95. The number of nitrogens with one attached hydrogen (secondary N) is 1. The summed E-state index contributed by atoms with van der Waals surface area (Å²) in [7, 11) is 0. The third kappa shape index (κ3) is 3.97. The number of aromatic nitrogens is 2. The van der Waals surface area contributed by atoms with E-state index in [1.165, 1.54) is 0 Å². The van der Waals surface area contributed by atoms with Crippen LogP contribution in [-0.2, 0) is 6.54 Å². The van der Waals surface area contributed by atoms with Gasteiger partial charge in [0.05, 0.1) is 10.7 Å². The Labute approximate surface area is 130 Å². The Hall–Kier alpha value is -0.520. The van der Waals surface area contributed by atoms with Gasteiger partial charge in [-0.25, -0.2) is 4.98 Å². The largest absolute Gasteiger partial charge is 0.314 e. The summed E-state index contributed by atoms with van der Waals surface area (Å²) in [6.07, 6.45) is 3.95. The van der Waals surface area contributed by atoms with E-state index in [9.17, 15) is 0 Å². The van der Waals surface area contributed by atoms with Gasteiger partial charge in [-0.3, -0.25) is 4.90 Å². The minimum Gasteiger partial charge on any atom is -0.314 e. The molecule has 7 heteroatoms. The standard InChI is InChI=1S/C12H15ClN4.2ClH/c13-10-1-2-12-15-11(9-17(12)7-10)8-16-5-3-14-4-6-16;;/h1-2,7,9,14H,3-6,8H2;2*1H. The molecule has 1 N–H and O–H groups in total. The van der Waals surface area contributed by atoms with E-state index in [1.54, 1.807) is 0 Å². The molecule has 0 amide bonds. The van der Waals surface area contributed by atoms with Crippen molar-refractivity contribution < 1.29 is 0 Å². The Bertz CT molecular complexity index is 523. The summed E-state index contributed by atoms with van der Waals surface area (Å²) < 4.78 is 1.99. The van der Waals surface area contributed by atoms with Gasteiger partial charge < -0.3 is 9.72 Å². The van der Waals surface area contributed by atoms with Gasteiger partial charge in [-0.2, -0.15) is 0 Å². The van der Waals surface area contributed by atoms with Crippen molar-refractivity contribution >= 4 is 42.1 Å². The van der Waals surface area contributed by atoms with Crippen LogP contribution >= 0.6 is 36.4 Å². The predicted octanol–water partition coefficient (Wildman–Crippen LogP) is 2.24. The lowest BCUT2D eigenvalue weighted by Gasteiger charge is -2.26. The smallest absolute Gasteiger partial charge is 0.137 e. The maximum Gasteiger partial charge on any atom is 0.137 e. The van der Waals surface area contributed by atoms with Gasteiger partial charge in [-0.1, -0.05) is 11.6 Å². The molecule has 106 valence electrons. The first-order valence-electron chi connectivity index (χ1n) is 5.87. The molecule has 0 atom stereocenters. The summed E-state index contributed by atoms with van der Waals surface area (Å²) in [5.74, 6) is 0. The van der Waals surface area contributed by atoms with E-state index >= 15 is 0 Å². The number of imidazole rings is 1. The normalized spacial score (nSPS) is 15.8. The second-order valence-corrected chi connectivity index (χ2v) is 4.81. The quantitative estimate of drug-likeness (QED) is 0.920. The highest BCUT2D eigenvalue weighted by Crippen LogP contribution is 2.13. The minimum atomic E-state index is 0. The van der Waals surface area contributed by atoms with Crippen molar-refractivity contribution in [2.24, 2.45) is 0 Å². The molecule has 1 aliphatic rings. The molecule has 2 aromatic heterocycles. The number of fused-ring (bicyclic) bond motifs is 1. The third-order valence-electron chi connectivity index (χ3n) is 3.06. The highest BCUT2D eigenvalue weighted by molar-refractivity contribution is 6.30. The van der Waals surface area contributed by atoms with Gasteiger partial charge >= 0.3 is 0 Å². The van der Waals surface area contributed by atoms with Crippen LogP contribution in [0, 0.1) is 0 Å². The fraction of sp³-hybridized carbons (Fsp3) is 0.417. The van der Waals surface area contributed by atoms with Gasteiger partial charge in [0.25, 0.3) is 0 Å². The fourth-order valence-electron chi connectivity index (χ4n) is 2.19. The summed E-state index contributed by atoms with van der Waals surface area (Å²) in [5, 5.41) is 4.09. The number of halogens is 3. The molecule has 1 aliphatic heterocycles. The van der Waals surface area contributed by atoms with E-state index in [0.29, 0.717) is 0 Å². The lowest BCUT2D eigenvalue weighted by Crippen LogP contribution is -2.42. The monoisotopic (exact) mass is 322 g/mol. The fourth-order valence-corrected chi connectivity index (χ4v) is 2.36. The van der Waals surface area contributed by atoms with Gasteiger partial charge in [0.15, 0.2) is 0 Å². The summed E-state index contributed by atoms with van der Waals surface area (Å²) in [6, 6.07) is 3.82. The molecule has 0 unspecified atom stereocenters. The third-order valence-corrected chi connectivity index (χ3v) is 3.28. The first-order chi connectivity index (χ1) is 8.31. The zero-order valence-electron chi connectivity index (χ0n) is 10.4. The van der Waals surface area contributed by atoms with Crippen molar-refractivity contribution in [2.75, 3.05) is 26.2 Å². The molecule has 0 bridgehead atoms. The number of piperazine rings is 1. The highest BCUT2D eigenvalue weighted by atomic mass is 35.5. The minimum absolute atomic E-state index is 0. The zero-order valence-corrected chi connectivity index (χ0v) is 12.8. The predicted molar refractivity (Wildman–Crippen MR) is 82.8 cm³/mol. The molecule has 0 saturated carbocycles. The topological polar surface area (TPSA) is 32.6 Å². The molecule has 0 spiro atoms. The van der Waals surface area contributed by atoms with Crippen LogP contribution in [0.2, 0.25) is 5.02 Å². The molecule has 0 radical (unpaired) electrons. The molecule has 3 heterocycles. The Morgan fingerprint density at radius 2 is 1.89 bits per heavy atom. The van der Waals surface area contributed by atoms with Crippen LogP contribution in [0.4, 0.5) is 0 Å². The summed E-state index contributed by atoms with van der Waals surface area (Å²) in [4.78, 5) is 7.01. The van der Waals surface area contributed by atoms with Crippen molar-refractivity contribution in [3.63, 3.8) is 0 Å². The summed E-state index contributed by atoms with van der Waals surface area (Å²) >= 11 is 5.95. The van der Waals surface area contributed by atoms with Gasteiger partial charge in [0, 0.05) is 45.1 Å². The zero-order chi connectivity index (χ0) is 11.7. The average Bonchev–Trinajstić information content (AvgIpc) is 2.71. The molecule has 3 rings (SSSR count). The first-order valence-corrected chi connectivity index (χ1v) is 6.25. The van der Waals surface area contributed by atoms with E-state index in [-0.39, 0.29) is 24.8 Å². The summed E-state index contributed by atoms with van der Waals surface area (Å²) in [5.41, 5.74) is 2.06. The molecule has 1 fully saturated rings. The molecule has 2 aromatic rings. The van der Waals surface area contributed by atoms with Crippen LogP contribution in [0.1, 0.15) is 5.69 Å². The Morgan fingerprint density at radius 3 is 2.63 bits per heavy atom. The molecular weight excluding hydrogens is 307 g/mol. The van der Waals surface area contributed by atoms with Crippen molar-refractivity contribution in [3.05, 3.63) is 35.2 Å². The van der Waals surface area contributed by atoms with E-state index in [1.807, 2.05) is 22.7 Å². The van der Waals surface area contributed by atoms with Gasteiger partial charge in [-0.15, -0.1) is 24.8 Å². The van der Waals surface area contributed by atoms with Crippen LogP contribution < -0.4 is 5.32 Å². The van der Waals surface area contributed by atoms with Gasteiger partial charge in [-0.05, 0) is 12.1 Å². The second-order valence-electron chi connectivity index (χ2n) is 4.37. The van der Waals surface area contributed by atoms with Crippen molar-refractivity contribution in [2.45, 2.75) is 6.54 Å². The Kier molecular flexibility index (Phi) is 6.36. The average molecular weight is 324 g/mol. The number of rotatable bonds is 2. The van der Waals surface area contributed by atoms with E-state index in [4.69, 9.17) is 11.6 Å². The first kappa shape index (κ1) is 16.5. The van der Waals surface area contributed by atoms with Crippen molar-refractivity contribution in [1.82, 2.24) is 19.6 Å². The highest BCUT2D eigenvalue weighted by Gasteiger charge is 2.11. The number of hydrogen-bond donors (Lipinski definition) is 1. The Balaban J connectivity index is 0.000000902. The van der Waals surface area contributed by atoms with E-state index in [2.05, 4.69) is 21.4 Å². The maximum atomic E-state index is 5.95. The number of hydrogen-bond acceptors (Lipinski definition) is 3. The molecular formula is C12H17Cl3N4. The SMILES string of the molecule is Cl.Cl.Clc1ccc2nc(CN3CCNCC3)cn2c1. The van der Waals surface area contributed by atoms with Gasteiger partial charge in [0.2, 0.25) is 0 Å². The number of pyridine rings is 1. The van der Waals surface area contributed by atoms with Crippen LogP contribution in [0.5, 0.6) is 0 Å². The van der Waals surface area contributed by atoms with Crippen molar-refractivity contribution in [3.8, 4) is 0 Å². The molecule has 4 nitrogen and oxygen atoms in total. The van der Waals surface area contributed by atoms with Crippen LogP contribution in [0.15, 0.2) is 24.5 Å². The van der Waals surface area contributed by atoms with Crippen LogP contribution in [0.25, 0.3) is 5.65 Å². The molecule has 0 aliphatic carbocycles. The van der Waals surface area contributed by atoms with Crippen LogP contribution in [-0.4, -0.2) is 40.5 Å². The molecule has 0 aromatic carbocycles. The van der Waals surface area contributed by atoms with Crippen LogP contribution in [0.3, 0.4) is 0 Å². The van der Waals surface area contributed by atoms with E-state index < -0.39 is 0 Å².